The average molecular weight is 675 g/mol. The molecular weight excluding hydrogens is 630 g/mol. The summed E-state index contributed by atoms with van der Waals surface area (Å²) in [5.41, 5.74) is -0.627. The second-order valence-corrected chi connectivity index (χ2v) is 13.0. The molecule has 0 aliphatic carbocycles. The molecule has 0 saturated carbocycles. The molecule has 0 aromatic heterocycles. The van der Waals surface area contributed by atoms with Crippen molar-refractivity contribution in [3.8, 4) is 0 Å². The molecule has 1 spiro atoms. The largest absolute Gasteiger partial charge is 0.460 e. The minimum atomic E-state index is -1.30. The number of benzene rings is 1. The first-order valence-corrected chi connectivity index (χ1v) is 16.3. The molecule has 3 aliphatic rings. The van der Waals surface area contributed by atoms with E-state index in [4.69, 9.17) is 9.47 Å². The number of aliphatic hydroxyl groups is 1. The lowest BCUT2D eigenvalue weighted by Crippen LogP contribution is -2.57. The zero-order valence-electron chi connectivity index (χ0n) is 25.5. The smallest absolute Gasteiger partial charge is 0.312 e. The van der Waals surface area contributed by atoms with Gasteiger partial charge in [-0.3, -0.25) is 19.2 Å². The van der Waals surface area contributed by atoms with Gasteiger partial charge in [0.2, 0.25) is 17.7 Å². The van der Waals surface area contributed by atoms with Gasteiger partial charge < -0.3 is 29.7 Å². The van der Waals surface area contributed by atoms with Crippen molar-refractivity contribution in [2.45, 2.75) is 80.7 Å². The summed E-state index contributed by atoms with van der Waals surface area (Å²) in [6.07, 6.45) is 4.76. The average Bonchev–Trinajstić information content (AvgIpc) is 3.61. The Kier molecular flexibility index (Phi) is 11.4. The topological polar surface area (TPSA) is 125 Å². The number of fused-ring (bicyclic) bond motifs is 1. The molecule has 2 bridgehead atoms. The quantitative estimate of drug-likeness (QED) is 0.157. The van der Waals surface area contributed by atoms with E-state index in [9.17, 15) is 24.3 Å². The van der Waals surface area contributed by atoms with E-state index < -0.39 is 60.2 Å². The Morgan fingerprint density at radius 1 is 1.27 bits per heavy atom. The van der Waals surface area contributed by atoms with Gasteiger partial charge in [-0.05, 0) is 31.7 Å². The molecule has 3 aliphatic heterocycles. The maximum Gasteiger partial charge on any atom is 0.312 e. The van der Waals surface area contributed by atoms with Crippen molar-refractivity contribution in [2.24, 2.45) is 11.8 Å². The number of alkyl halides is 1. The fourth-order valence-electron chi connectivity index (χ4n) is 6.85. The molecule has 44 heavy (non-hydrogen) atoms. The number of halogens is 1. The van der Waals surface area contributed by atoms with Crippen LogP contribution in [0.15, 0.2) is 55.6 Å². The van der Waals surface area contributed by atoms with Crippen LogP contribution >= 0.6 is 15.9 Å². The summed E-state index contributed by atoms with van der Waals surface area (Å²) in [4.78, 5) is 57.7. The van der Waals surface area contributed by atoms with Gasteiger partial charge in [-0.25, -0.2) is 0 Å². The third-order valence-electron chi connectivity index (χ3n) is 8.85. The zero-order chi connectivity index (χ0) is 32.0. The number of hydrogen-bond acceptors (Lipinski definition) is 7. The fourth-order valence-corrected chi connectivity index (χ4v) is 7.79. The van der Waals surface area contributed by atoms with Gasteiger partial charge in [0.25, 0.3) is 0 Å². The van der Waals surface area contributed by atoms with Gasteiger partial charge in [-0.2, -0.15) is 0 Å². The minimum Gasteiger partial charge on any atom is -0.460 e. The summed E-state index contributed by atoms with van der Waals surface area (Å²) in [5, 5.41) is 13.4. The van der Waals surface area contributed by atoms with E-state index in [1.54, 1.807) is 24.0 Å². The lowest BCUT2D eigenvalue weighted by molar-refractivity contribution is -0.160. The van der Waals surface area contributed by atoms with Gasteiger partial charge in [0.05, 0.1) is 37.1 Å². The number of rotatable bonds is 16. The maximum absolute atomic E-state index is 14.5. The Bertz CT molecular complexity index is 1230. The second kappa shape index (κ2) is 14.8. The standard InChI is InChI=1S/C33H44BrN3O7/c1-5-8-15-25(39)35-19-21(4)43-32(42)26-27-30(40)37(24(20-38)22-13-11-10-12-14-22)29(33(27)18-23(34)28(26)44-33)31(41)36(16-7-3)17-9-6-2/h5,7,10-14,21,23-24,26-29,38H,1,3,6,8-9,15-20H2,2,4H3,(H,35,39)/t21-,23?,24+,26+,27-,28+,29+,33-/m0/s1. The number of hydrogen-bond donors (Lipinski definition) is 2. The molecule has 0 radical (unpaired) electrons. The van der Waals surface area contributed by atoms with Crippen molar-refractivity contribution >= 4 is 39.6 Å². The number of nitrogens with one attached hydrogen (secondary N) is 1. The first kappa shape index (κ1) is 33.9. The molecule has 1 aromatic rings. The Labute approximate surface area is 267 Å². The van der Waals surface area contributed by atoms with Crippen LogP contribution in [0.2, 0.25) is 0 Å². The summed E-state index contributed by atoms with van der Waals surface area (Å²) in [7, 11) is 0. The van der Waals surface area contributed by atoms with Gasteiger partial charge in [0.1, 0.15) is 17.7 Å². The maximum atomic E-state index is 14.5. The third kappa shape index (κ3) is 6.50. The van der Waals surface area contributed by atoms with Crippen LogP contribution in [0.4, 0.5) is 0 Å². The Hall–Kier alpha value is -3.02. The van der Waals surface area contributed by atoms with E-state index in [1.807, 2.05) is 37.3 Å². The number of carbonyl (C=O) groups is 4. The summed E-state index contributed by atoms with van der Waals surface area (Å²) in [6, 6.07) is 7.18. The Morgan fingerprint density at radius 3 is 2.64 bits per heavy atom. The molecule has 3 fully saturated rings. The summed E-state index contributed by atoms with van der Waals surface area (Å²) in [6.45, 7) is 11.6. The van der Waals surface area contributed by atoms with Gasteiger partial charge in [-0.1, -0.05) is 71.8 Å². The molecular formula is C33H44BrN3O7. The molecule has 240 valence electrons. The monoisotopic (exact) mass is 673 g/mol. The molecule has 3 amide bonds. The van der Waals surface area contributed by atoms with Crippen molar-refractivity contribution in [3.05, 3.63) is 61.2 Å². The van der Waals surface area contributed by atoms with Crippen LogP contribution in [0.3, 0.4) is 0 Å². The van der Waals surface area contributed by atoms with E-state index in [1.165, 1.54) is 4.90 Å². The molecule has 1 aromatic carbocycles. The minimum absolute atomic E-state index is 0.114. The lowest BCUT2D eigenvalue weighted by atomic mass is 9.70. The van der Waals surface area contributed by atoms with Crippen molar-refractivity contribution in [1.29, 1.82) is 0 Å². The molecule has 3 heterocycles. The zero-order valence-corrected chi connectivity index (χ0v) is 27.1. The molecule has 8 atom stereocenters. The molecule has 11 heteroatoms. The Balaban J connectivity index is 1.69. The Morgan fingerprint density at radius 2 is 2.00 bits per heavy atom. The molecule has 1 unspecified atom stereocenters. The number of esters is 1. The molecule has 4 rings (SSSR count). The fraction of sp³-hybridized carbons (Fsp3) is 0.576. The van der Waals surface area contributed by atoms with Gasteiger partial charge in [0, 0.05) is 24.3 Å². The number of carbonyl (C=O) groups excluding carboxylic acids is 4. The normalized spacial score (nSPS) is 28.2. The number of likely N-dealkylation sites (tertiary alicyclic amines) is 1. The molecule has 2 N–H and O–H groups in total. The number of amides is 3. The van der Waals surface area contributed by atoms with Crippen LogP contribution in [0.1, 0.15) is 57.6 Å². The first-order chi connectivity index (χ1) is 21.1. The number of aliphatic hydroxyl groups excluding tert-OH is 1. The van der Waals surface area contributed by atoms with Gasteiger partial charge in [0.15, 0.2) is 0 Å². The highest BCUT2D eigenvalue weighted by Gasteiger charge is 2.77. The van der Waals surface area contributed by atoms with Gasteiger partial charge in [-0.15, -0.1) is 13.2 Å². The van der Waals surface area contributed by atoms with Crippen molar-refractivity contribution < 1.29 is 33.8 Å². The number of allylic oxidation sites excluding steroid dienone is 1. The molecule has 10 nitrogen and oxygen atoms in total. The first-order valence-electron chi connectivity index (χ1n) is 15.4. The number of nitrogens with zero attached hydrogens (tertiary/aromatic N) is 2. The van der Waals surface area contributed by atoms with Crippen molar-refractivity contribution in [1.82, 2.24) is 15.1 Å². The van der Waals surface area contributed by atoms with Crippen molar-refractivity contribution in [2.75, 3.05) is 26.2 Å². The number of ether oxygens (including phenoxy) is 2. The predicted octanol–water partition coefficient (Wildman–Crippen LogP) is 3.30. The van der Waals surface area contributed by atoms with Crippen LogP contribution in [0, 0.1) is 11.8 Å². The van der Waals surface area contributed by atoms with Gasteiger partial charge >= 0.3 is 5.97 Å². The highest BCUT2D eigenvalue weighted by Crippen LogP contribution is 2.61. The SMILES string of the molecule is C=CCCC(=O)NC[C@H](C)OC(=O)[C@H]1[C@@H]2O[C@@]3(CC2Br)[C@@H]1C(=O)N([C@H](CO)c1ccccc1)[C@@H]3C(=O)N(CC=C)CCCC. The van der Waals surface area contributed by atoms with E-state index in [0.717, 1.165) is 12.8 Å². The van der Waals surface area contributed by atoms with E-state index in [0.29, 0.717) is 24.9 Å². The highest BCUT2D eigenvalue weighted by atomic mass is 79.9. The van der Waals surface area contributed by atoms with Crippen LogP contribution in [-0.2, 0) is 28.7 Å². The second-order valence-electron chi connectivity index (χ2n) is 11.8. The predicted molar refractivity (Wildman–Crippen MR) is 168 cm³/mol. The number of unbranched alkanes of at least 4 members (excludes halogenated alkanes) is 1. The van der Waals surface area contributed by atoms with E-state index >= 15 is 0 Å². The summed E-state index contributed by atoms with van der Waals surface area (Å²) in [5.74, 6) is -3.47. The third-order valence-corrected chi connectivity index (χ3v) is 9.69. The molecule has 3 saturated heterocycles. The van der Waals surface area contributed by atoms with Crippen LogP contribution < -0.4 is 5.32 Å². The van der Waals surface area contributed by atoms with Crippen molar-refractivity contribution in [3.63, 3.8) is 0 Å². The lowest BCUT2D eigenvalue weighted by Gasteiger charge is -2.39. The highest BCUT2D eigenvalue weighted by molar-refractivity contribution is 9.09. The van der Waals surface area contributed by atoms with Crippen LogP contribution in [0.25, 0.3) is 0 Å². The summed E-state index contributed by atoms with van der Waals surface area (Å²) < 4.78 is 12.4. The van der Waals surface area contributed by atoms with E-state index in [2.05, 4.69) is 34.4 Å². The van der Waals surface area contributed by atoms with E-state index in [-0.39, 0.29) is 36.2 Å². The van der Waals surface area contributed by atoms with Crippen LogP contribution in [-0.4, -0.2) is 93.5 Å². The van der Waals surface area contributed by atoms with Crippen LogP contribution in [0.5, 0.6) is 0 Å². The summed E-state index contributed by atoms with van der Waals surface area (Å²) >= 11 is 3.68.